The summed E-state index contributed by atoms with van der Waals surface area (Å²) in [6, 6.07) is 0. The van der Waals surface area contributed by atoms with Crippen molar-refractivity contribution in [2.75, 3.05) is 13.7 Å². The van der Waals surface area contributed by atoms with Gasteiger partial charge in [0.25, 0.3) is 0 Å². The average Bonchev–Trinajstić information content (AvgIpc) is 1.61. The van der Waals surface area contributed by atoms with Crippen LogP contribution in [-0.2, 0) is 0 Å². The molecule has 0 saturated heterocycles. The van der Waals surface area contributed by atoms with Crippen LogP contribution < -0.4 is 22.1 Å². The second-order valence-corrected chi connectivity index (χ2v) is 0.851. The van der Waals surface area contributed by atoms with Crippen molar-refractivity contribution in [2.45, 2.75) is 0 Å². The molecule has 4 nitrogen and oxygen atoms in total. The van der Waals surface area contributed by atoms with Gasteiger partial charge in [0.05, 0.1) is 6.67 Å². The van der Waals surface area contributed by atoms with Crippen LogP contribution in [0.25, 0.3) is 0 Å². The van der Waals surface area contributed by atoms with E-state index in [1.807, 2.05) is 7.05 Å². The summed E-state index contributed by atoms with van der Waals surface area (Å²) >= 11 is 0. The standard InChI is InChI=1S/C2H10N4/c1-4-2-5-6-3/h4-6H,2-3H2,1H3. The van der Waals surface area contributed by atoms with E-state index in [4.69, 9.17) is 5.84 Å². The first-order valence-electron chi connectivity index (χ1n) is 1.75. The zero-order valence-corrected chi connectivity index (χ0v) is 3.78. The van der Waals surface area contributed by atoms with E-state index in [1.54, 1.807) is 0 Å². The smallest absolute Gasteiger partial charge is 0.0600 e. The lowest BCUT2D eigenvalue weighted by molar-refractivity contribution is 0.525. The summed E-state index contributed by atoms with van der Waals surface area (Å²) in [5.41, 5.74) is 4.87. The van der Waals surface area contributed by atoms with Crippen LogP contribution in [0.5, 0.6) is 0 Å². The molecule has 5 N–H and O–H groups in total. The number of hydrogen-bond donors (Lipinski definition) is 4. The zero-order chi connectivity index (χ0) is 4.83. The third-order valence-corrected chi connectivity index (χ3v) is 0.367. The van der Waals surface area contributed by atoms with E-state index >= 15 is 0 Å². The molecule has 0 spiro atoms. The highest BCUT2D eigenvalue weighted by molar-refractivity contribution is 4.22. The van der Waals surface area contributed by atoms with E-state index in [2.05, 4.69) is 16.3 Å². The first-order valence-corrected chi connectivity index (χ1v) is 1.75. The number of nitrogens with two attached hydrogens (primary N) is 1. The Morgan fingerprint density at radius 3 is 2.50 bits per heavy atom. The lowest BCUT2D eigenvalue weighted by Crippen LogP contribution is -2.42. The Morgan fingerprint density at radius 1 is 1.67 bits per heavy atom. The number of hydrogen-bond acceptors (Lipinski definition) is 4. The van der Waals surface area contributed by atoms with Gasteiger partial charge in [0.15, 0.2) is 0 Å². The highest BCUT2D eigenvalue weighted by Crippen LogP contribution is 1.29. The molecule has 0 radical (unpaired) electrons. The number of hydrazine groups is 2. The van der Waals surface area contributed by atoms with E-state index in [9.17, 15) is 0 Å². The van der Waals surface area contributed by atoms with Gasteiger partial charge in [-0.15, -0.1) is 0 Å². The molecule has 0 bridgehead atoms. The Bertz CT molecular complexity index is 17.5. The van der Waals surface area contributed by atoms with Crippen LogP contribution in [0.4, 0.5) is 0 Å². The first-order chi connectivity index (χ1) is 2.91. The second-order valence-electron chi connectivity index (χ2n) is 0.851. The number of rotatable bonds is 3. The molecule has 4 heteroatoms. The largest absolute Gasteiger partial charge is 0.307 e. The molecular weight excluding hydrogens is 80.0 g/mol. The van der Waals surface area contributed by atoms with Crippen LogP contribution >= 0.6 is 0 Å². The van der Waals surface area contributed by atoms with Gasteiger partial charge in [-0.1, -0.05) is 0 Å². The molecule has 0 atom stereocenters. The van der Waals surface area contributed by atoms with Gasteiger partial charge in [-0.2, -0.15) is 5.53 Å². The maximum absolute atomic E-state index is 4.81. The molecule has 38 valence electrons. The van der Waals surface area contributed by atoms with E-state index in [-0.39, 0.29) is 0 Å². The summed E-state index contributed by atoms with van der Waals surface area (Å²) in [4.78, 5) is 0. The minimum Gasteiger partial charge on any atom is -0.307 e. The normalized spacial score (nSPS) is 9.00. The molecule has 0 saturated carbocycles. The lowest BCUT2D eigenvalue weighted by Gasteiger charge is -1.96. The van der Waals surface area contributed by atoms with Gasteiger partial charge >= 0.3 is 0 Å². The summed E-state index contributed by atoms with van der Waals surface area (Å²) in [5.74, 6) is 4.81. The van der Waals surface area contributed by atoms with Gasteiger partial charge < -0.3 is 5.32 Å². The molecule has 0 heterocycles. The molecule has 0 aromatic carbocycles. The fourth-order valence-electron chi connectivity index (χ4n) is 0.139. The molecule has 0 aliphatic heterocycles. The van der Waals surface area contributed by atoms with Crippen molar-refractivity contribution in [3.8, 4) is 0 Å². The van der Waals surface area contributed by atoms with Crippen LogP contribution in [0.3, 0.4) is 0 Å². The van der Waals surface area contributed by atoms with Crippen molar-refractivity contribution >= 4 is 0 Å². The predicted octanol–water partition coefficient (Wildman–Crippen LogP) is -1.87. The highest BCUT2D eigenvalue weighted by atomic mass is 15.5. The lowest BCUT2D eigenvalue weighted by atomic mass is 11.1. The minimum atomic E-state index is 0.677. The molecule has 0 aliphatic carbocycles. The molecule has 0 amide bonds. The molecule has 0 aliphatic rings. The van der Waals surface area contributed by atoms with Crippen molar-refractivity contribution in [1.29, 1.82) is 0 Å². The fraction of sp³-hybridized carbons (Fsp3) is 1.00. The van der Waals surface area contributed by atoms with E-state index < -0.39 is 0 Å². The Labute approximate surface area is 37.0 Å². The summed E-state index contributed by atoms with van der Waals surface area (Å²) in [7, 11) is 1.82. The zero-order valence-electron chi connectivity index (χ0n) is 3.78. The van der Waals surface area contributed by atoms with Crippen molar-refractivity contribution < 1.29 is 0 Å². The predicted molar refractivity (Wildman–Crippen MR) is 24.4 cm³/mol. The van der Waals surface area contributed by atoms with Crippen LogP contribution in [0.1, 0.15) is 0 Å². The topological polar surface area (TPSA) is 62.1 Å². The van der Waals surface area contributed by atoms with E-state index in [0.717, 1.165) is 0 Å². The highest BCUT2D eigenvalue weighted by Gasteiger charge is 1.66. The quantitative estimate of drug-likeness (QED) is 0.142. The van der Waals surface area contributed by atoms with Crippen LogP contribution in [0.2, 0.25) is 0 Å². The van der Waals surface area contributed by atoms with Crippen LogP contribution in [-0.4, -0.2) is 13.7 Å². The van der Waals surface area contributed by atoms with Gasteiger partial charge in [0, 0.05) is 0 Å². The molecular formula is C2H10N4. The van der Waals surface area contributed by atoms with Crippen LogP contribution in [0.15, 0.2) is 0 Å². The van der Waals surface area contributed by atoms with E-state index in [0.29, 0.717) is 6.67 Å². The SMILES string of the molecule is CNCNNN. The minimum absolute atomic E-state index is 0.677. The average molecular weight is 90.1 g/mol. The van der Waals surface area contributed by atoms with Gasteiger partial charge in [0.1, 0.15) is 0 Å². The Morgan fingerprint density at radius 2 is 2.33 bits per heavy atom. The fourth-order valence-corrected chi connectivity index (χ4v) is 0.139. The van der Waals surface area contributed by atoms with Crippen molar-refractivity contribution in [1.82, 2.24) is 16.3 Å². The summed E-state index contributed by atoms with van der Waals surface area (Å²) in [6.07, 6.45) is 0. The monoisotopic (exact) mass is 90.1 g/mol. The van der Waals surface area contributed by atoms with Gasteiger partial charge in [-0.05, 0) is 7.05 Å². The molecule has 0 rings (SSSR count). The Balaban J connectivity index is 2.34. The third-order valence-electron chi connectivity index (χ3n) is 0.367. The third kappa shape index (κ3) is 3.84. The number of nitrogens with one attached hydrogen (secondary N) is 3. The summed E-state index contributed by atoms with van der Waals surface area (Å²) < 4.78 is 0. The first kappa shape index (κ1) is 5.84. The molecule has 0 aromatic heterocycles. The molecule has 0 unspecified atom stereocenters. The summed E-state index contributed by atoms with van der Waals surface area (Å²) in [6.45, 7) is 0.677. The van der Waals surface area contributed by atoms with Crippen LogP contribution in [0, 0.1) is 0 Å². The van der Waals surface area contributed by atoms with Crippen molar-refractivity contribution in [3.63, 3.8) is 0 Å². The maximum atomic E-state index is 4.81. The van der Waals surface area contributed by atoms with Gasteiger partial charge in [-0.3, -0.25) is 5.84 Å². The Kier molecular flexibility index (Phi) is 4.71. The summed E-state index contributed by atoms with van der Waals surface area (Å²) in [5, 5.41) is 2.82. The van der Waals surface area contributed by atoms with Gasteiger partial charge in [0.2, 0.25) is 0 Å². The van der Waals surface area contributed by atoms with Crippen molar-refractivity contribution in [2.24, 2.45) is 5.84 Å². The second kappa shape index (κ2) is 4.84. The Hall–Kier alpha value is -0.160. The molecule has 0 fully saturated rings. The maximum Gasteiger partial charge on any atom is 0.0600 e. The van der Waals surface area contributed by atoms with Crippen molar-refractivity contribution in [3.05, 3.63) is 0 Å². The van der Waals surface area contributed by atoms with Gasteiger partial charge in [-0.25, -0.2) is 5.43 Å². The molecule has 0 aromatic rings. The molecule has 6 heavy (non-hydrogen) atoms. The van der Waals surface area contributed by atoms with E-state index in [1.165, 1.54) is 0 Å².